The van der Waals surface area contributed by atoms with Crippen LogP contribution in [0.3, 0.4) is 0 Å². The van der Waals surface area contributed by atoms with E-state index in [-0.39, 0.29) is 36.3 Å². The molecule has 144 valence electrons. The number of alkyl halides is 3. The molecule has 1 saturated carbocycles. The van der Waals surface area contributed by atoms with E-state index in [9.17, 15) is 22.7 Å². The molecule has 1 aromatic rings. The highest BCUT2D eigenvalue weighted by Gasteiger charge is 2.43. The molecule has 1 atom stereocenters. The fraction of sp³-hybridized carbons (Fsp3) is 0.625. The second kappa shape index (κ2) is 8.75. The van der Waals surface area contributed by atoms with Gasteiger partial charge in [-0.15, -0.1) is 24.8 Å². The summed E-state index contributed by atoms with van der Waals surface area (Å²) in [5, 5.41) is 13.3. The summed E-state index contributed by atoms with van der Waals surface area (Å²) in [6, 6.07) is 0.855. The number of nitrogens with one attached hydrogen (secondary N) is 1. The van der Waals surface area contributed by atoms with Gasteiger partial charge in [0.15, 0.2) is 11.6 Å². The van der Waals surface area contributed by atoms with E-state index in [0.29, 0.717) is 32.2 Å². The van der Waals surface area contributed by atoms with E-state index in [2.05, 4.69) is 5.32 Å². The smallest absolute Gasteiger partial charge is 0.416 e. The highest BCUT2D eigenvalue weighted by Crippen LogP contribution is 2.49. The summed E-state index contributed by atoms with van der Waals surface area (Å²) >= 11 is 0. The van der Waals surface area contributed by atoms with Gasteiger partial charge in [-0.2, -0.15) is 13.2 Å². The van der Waals surface area contributed by atoms with Crippen molar-refractivity contribution in [3.8, 4) is 5.75 Å². The van der Waals surface area contributed by atoms with Gasteiger partial charge in [-0.25, -0.2) is 4.39 Å². The first-order valence-electron chi connectivity index (χ1n) is 7.93. The summed E-state index contributed by atoms with van der Waals surface area (Å²) in [7, 11) is 0. The van der Waals surface area contributed by atoms with Crippen molar-refractivity contribution in [3.05, 3.63) is 29.1 Å². The number of benzene rings is 1. The monoisotopic (exact) mass is 404 g/mol. The molecule has 1 saturated heterocycles. The van der Waals surface area contributed by atoms with Crippen LogP contribution in [-0.4, -0.2) is 36.2 Å². The third-order valence-corrected chi connectivity index (χ3v) is 4.91. The third kappa shape index (κ3) is 4.51. The first-order chi connectivity index (χ1) is 10.9. The molecular formula is C16H22Cl2F4N2O. The number of piperazine rings is 1. The molecule has 25 heavy (non-hydrogen) atoms. The molecule has 0 unspecified atom stereocenters. The topological polar surface area (TPSA) is 35.5 Å². The van der Waals surface area contributed by atoms with Crippen LogP contribution in [0.1, 0.15) is 36.4 Å². The lowest BCUT2D eigenvalue weighted by Crippen LogP contribution is -2.48. The first-order valence-corrected chi connectivity index (χ1v) is 7.93. The van der Waals surface area contributed by atoms with Crippen molar-refractivity contribution in [2.24, 2.45) is 5.92 Å². The second-order valence-electron chi connectivity index (χ2n) is 6.28. The Morgan fingerprint density at radius 2 is 1.72 bits per heavy atom. The minimum absolute atomic E-state index is 0. The van der Waals surface area contributed by atoms with E-state index in [1.54, 1.807) is 0 Å². The number of aromatic hydroxyl groups is 1. The maximum atomic E-state index is 13.8. The van der Waals surface area contributed by atoms with Crippen LogP contribution >= 0.6 is 24.8 Å². The van der Waals surface area contributed by atoms with Gasteiger partial charge in [-0.3, -0.25) is 4.90 Å². The fourth-order valence-corrected chi connectivity index (χ4v) is 3.56. The number of nitrogens with zero attached hydrogens (tertiary/aromatic N) is 1. The minimum Gasteiger partial charge on any atom is -0.505 e. The fourth-order valence-electron chi connectivity index (χ4n) is 3.56. The Balaban J connectivity index is 0.00000156. The SMILES string of the molecule is Cl.Cl.Oc1c(F)ccc(C(F)(F)F)c1[C@@H](C1CCC1)N1CCNCC1. The molecule has 2 N–H and O–H groups in total. The molecule has 0 aromatic heterocycles. The lowest BCUT2D eigenvalue weighted by Gasteiger charge is -2.44. The van der Waals surface area contributed by atoms with E-state index in [1.807, 2.05) is 4.90 Å². The predicted octanol–water partition coefficient (Wildman–Crippen LogP) is 4.14. The number of phenols is 1. The van der Waals surface area contributed by atoms with Crippen molar-refractivity contribution in [3.63, 3.8) is 0 Å². The molecule has 3 nitrogen and oxygen atoms in total. The van der Waals surface area contributed by atoms with Crippen molar-refractivity contribution in [1.82, 2.24) is 10.2 Å². The first kappa shape index (κ1) is 22.3. The largest absolute Gasteiger partial charge is 0.505 e. The van der Waals surface area contributed by atoms with Crippen LogP contribution in [0.4, 0.5) is 17.6 Å². The zero-order valence-corrected chi connectivity index (χ0v) is 15.1. The number of rotatable bonds is 3. The summed E-state index contributed by atoms with van der Waals surface area (Å²) in [5.74, 6) is -1.82. The van der Waals surface area contributed by atoms with Gasteiger partial charge in [-0.1, -0.05) is 6.42 Å². The maximum absolute atomic E-state index is 13.8. The Morgan fingerprint density at radius 1 is 1.12 bits per heavy atom. The van der Waals surface area contributed by atoms with Crippen molar-refractivity contribution in [2.45, 2.75) is 31.5 Å². The highest BCUT2D eigenvalue weighted by molar-refractivity contribution is 5.85. The molecule has 0 radical (unpaired) electrons. The molecular weight excluding hydrogens is 383 g/mol. The minimum atomic E-state index is -4.61. The number of hydrogen-bond acceptors (Lipinski definition) is 3. The lowest BCUT2D eigenvalue weighted by molar-refractivity contribution is -0.139. The van der Waals surface area contributed by atoms with Crippen LogP contribution in [0.15, 0.2) is 12.1 Å². The predicted molar refractivity (Wildman–Crippen MR) is 92.1 cm³/mol. The standard InChI is InChI=1S/C16H20F4N2O.2ClH/c17-12-5-4-11(16(18,19)20)13(15(12)23)14(10-2-1-3-10)22-8-6-21-7-9-22;;/h4-5,10,14,21,23H,1-3,6-9H2;2*1H/t14-;;/m1../s1. The molecule has 1 aliphatic carbocycles. The van der Waals surface area contributed by atoms with Crippen molar-refractivity contribution in [2.75, 3.05) is 26.2 Å². The lowest BCUT2D eigenvalue weighted by atomic mass is 9.75. The van der Waals surface area contributed by atoms with Crippen LogP contribution in [0, 0.1) is 11.7 Å². The summed E-state index contributed by atoms with van der Waals surface area (Å²) in [4.78, 5) is 1.95. The Labute approximate surface area is 156 Å². The van der Waals surface area contributed by atoms with E-state index < -0.39 is 29.3 Å². The Hall–Kier alpha value is -0.760. The van der Waals surface area contributed by atoms with E-state index >= 15 is 0 Å². The van der Waals surface area contributed by atoms with Crippen LogP contribution < -0.4 is 5.32 Å². The average Bonchev–Trinajstić information content (AvgIpc) is 2.45. The number of phenolic OH excluding ortho intramolecular Hbond substituents is 1. The second-order valence-corrected chi connectivity index (χ2v) is 6.28. The van der Waals surface area contributed by atoms with Gasteiger partial charge >= 0.3 is 6.18 Å². The summed E-state index contributed by atoms with van der Waals surface area (Å²) < 4.78 is 54.0. The summed E-state index contributed by atoms with van der Waals surface area (Å²) in [6.07, 6.45) is -2.04. The van der Waals surface area contributed by atoms with Gasteiger partial charge in [0.25, 0.3) is 0 Å². The average molecular weight is 405 g/mol. The Kier molecular flexibility index (Phi) is 7.80. The van der Waals surface area contributed by atoms with Gasteiger partial charge in [-0.05, 0) is 30.9 Å². The van der Waals surface area contributed by atoms with E-state index in [4.69, 9.17) is 0 Å². The number of hydrogen-bond donors (Lipinski definition) is 2. The van der Waals surface area contributed by atoms with Gasteiger partial charge in [0, 0.05) is 37.8 Å². The van der Waals surface area contributed by atoms with Crippen LogP contribution in [0.2, 0.25) is 0 Å². The molecule has 1 aliphatic heterocycles. The number of halogens is 6. The van der Waals surface area contributed by atoms with E-state index in [0.717, 1.165) is 25.3 Å². The molecule has 3 rings (SSSR count). The molecule has 2 fully saturated rings. The zero-order valence-electron chi connectivity index (χ0n) is 13.5. The Bertz CT molecular complexity index is 576. The summed E-state index contributed by atoms with van der Waals surface area (Å²) in [6.45, 7) is 2.55. The third-order valence-electron chi connectivity index (χ3n) is 4.91. The van der Waals surface area contributed by atoms with Crippen molar-refractivity contribution in [1.29, 1.82) is 0 Å². The zero-order chi connectivity index (χ0) is 16.6. The Morgan fingerprint density at radius 3 is 2.20 bits per heavy atom. The normalized spacial score (nSPS) is 20.2. The summed E-state index contributed by atoms with van der Waals surface area (Å²) in [5.41, 5.74) is -1.21. The van der Waals surface area contributed by atoms with Crippen molar-refractivity contribution >= 4 is 24.8 Å². The molecule has 9 heteroatoms. The molecule has 0 amide bonds. The molecule has 1 aromatic carbocycles. The molecule has 0 spiro atoms. The van der Waals surface area contributed by atoms with Gasteiger partial charge in [0.1, 0.15) is 0 Å². The highest BCUT2D eigenvalue weighted by atomic mass is 35.5. The van der Waals surface area contributed by atoms with Crippen LogP contribution in [0.5, 0.6) is 5.75 Å². The van der Waals surface area contributed by atoms with Crippen molar-refractivity contribution < 1.29 is 22.7 Å². The molecule has 0 bridgehead atoms. The van der Waals surface area contributed by atoms with E-state index in [1.165, 1.54) is 0 Å². The van der Waals surface area contributed by atoms with Crippen LogP contribution in [0.25, 0.3) is 0 Å². The van der Waals surface area contributed by atoms with Gasteiger partial charge < -0.3 is 10.4 Å². The quantitative estimate of drug-likeness (QED) is 0.743. The molecule has 1 heterocycles. The van der Waals surface area contributed by atoms with Gasteiger partial charge in [0.2, 0.25) is 0 Å². The van der Waals surface area contributed by atoms with Gasteiger partial charge in [0.05, 0.1) is 5.56 Å². The van der Waals surface area contributed by atoms with Crippen LogP contribution in [-0.2, 0) is 6.18 Å². The molecule has 2 aliphatic rings. The maximum Gasteiger partial charge on any atom is 0.416 e.